The van der Waals surface area contributed by atoms with E-state index in [0.29, 0.717) is 0 Å². The molecule has 68 valence electrons. The Balaban J connectivity index is 0. The van der Waals surface area contributed by atoms with Crippen LogP contribution in [0, 0.1) is 0 Å². The second-order valence-electron chi connectivity index (χ2n) is 1.50. The monoisotopic (exact) mass is 189 g/mol. The Morgan fingerprint density at radius 1 is 1.58 bits per heavy atom. The Labute approximate surface area is 76.6 Å². The molecule has 0 aliphatic heterocycles. The van der Waals surface area contributed by atoms with Gasteiger partial charge in [-0.3, -0.25) is 0 Å². The van der Waals surface area contributed by atoms with Crippen LogP contribution in [0.5, 0.6) is 0 Å². The van der Waals surface area contributed by atoms with E-state index in [4.69, 9.17) is 11.6 Å². The number of carbonyl (C=O) groups is 1. The van der Waals surface area contributed by atoms with Gasteiger partial charge < -0.3 is 14.6 Å². The number of halogens is 1. The van der Waals surface area contributed by atoms with Crippen molar-refractivity contribution in [3.63, 3.8) is 0 Å². The molecule has 0 N–H and O–H groups in total. The summed E-state index contributed by atoms with van der Waals surface area (Å²) >= 11 is 5.09. The number of carboxylic acid groups (broad SMARTS) is 1. The Kier molecular flexibility index (Phi) is 10.9. The molecule has 0 atom stereocenters. The predicted molar refractivity (Wildman–Crippen MR) is 46.1 cm³/mol. The highest BCUT2D eigenvalue weighted by molar-refractivity contribution is 6.28. The first kappa shape index (κ1) is 13.4. The second-order valence-corrected chi connectivity index (χ2v) is 1.93. The molecule has 3 nitrogen and oxygen atoms in total. The smallest absolute Gasteiger partial charge is 0.185 e. The summed E-state index contributed by atoms with van der Waals surface area (Å²) in [5.74, 6) is -1.08. The molecule has 0 aliphatic rings. The number of carboxylic acids is 1. The fourth-order valence-corrected chi connectivity index (χ4v) is 0.271. The number of carbonyl (C=O) groups excluding carboxylic acids is 1. The first-order chi connectivity index (χ1) is 5.54. The minimum atomic E-state index is -1.08. The molecule has 0 unspecified atom stereocenters. The normalized spacial score (nSPS) is 7.08. The second kappa shape index (κ2) is 9.78. The molecule has 0 saturated heterocycles. The molecular formula is C8H10ClO3-. The minimum absolute atomic E-state index is 0.0556. The number of hydrogen-bond acceptors (Lipinski definition) is 3. The first-order valence-electron chi connectivity index (χ1n) is 2.97. The third-order valence-corrected chi connectivity index (χ3v) is 0.611. The van der Waals surface area contributed by atoms with Crippen LogP contribution in [-0.4, -0.2) is 5.97 Å². The summed E-state index contributed by atoms with van der Waals surface area (Å²) in [5.41, 5.74) is 0. The van der Waals surface area contributed by atoms with Gasteiger partial charge in [0.25, 0.3) is 0 Å². The molecule has 0 amide bonds. The molecular weight excluding hydrogens is 180 g/mol. The van der Waals surface area contributed by atoms with Gasteiger partial charge in [-0.2, -0.15) is 0 Å². The predicted octanol–water partition coefficient (Wildman–Crippen LogP) is 1.17. The SMILES string of the molecule is C=CCC(=O)[O-].C=COC(=C)Cl. The van der Waals surface area contributed by atoms with Crippen LogP contribution in [0.3, 0.4) is 0 Å². The van der Waals surface area contributed by atoms with Crippen LogP contribution in [0.25, 0.3) is 0 Å². The molecule has 0 saturated carbocycles. The van der Waals surface area contributed by atoms with Gasteiger partial charge in [0.1, 0.15) is 0 Å². The standard InChI is InChI=1S/C4H5ClO.C4H6O2/c1-3-6-4(2)5;1-2-3-4(5)6/h3H,1-2H2;2H,1,3H2,(H,5,6)/p-1. The van der Waals surface area contributed by atoms with E-state index in [1.807, 2.05) is 0 Å². The highest BCUT2D eigenvalue weighted by Gasteiger charge is 1.73. The lowest BCUT2D eigenvalue weighted by molar-refractivity contribution is -0.304. The van der Waals surface area contributed by atoms with Crippen molar-refractivity contribution in [2.24, 2.45) is 0 Å². The van der Waals surface area contributed by atoms with Crippen molar-refractivity contribution < 1.29 is 14.6 Å². The van der Waals surface area contributed by atoms with Crippen molar-refractivity contribution in [2.75, 3.05) is 0 Å². The Morgan fingerprint density at radius 2 is 2.08 bits per heavy atom. The van der Waals surface area contributed by atoms with E-state index in [-0.39, 0.29) is 11.6 Å². The summed E-state index contributed by atoms with van der Waals surface area (Å²) in [4.78, 5) is 9.42. The summed E-state index contributed by atoms with van der Waals surface area (Å²) in [6.07, 6.45) is 2.45. The van der Waals surface area contributed by atoms with E-state index in [1.54, 1.807) is 0 Å². The molecule has 0 aromatic heterocycles. The molecule has 0 aromatic rings. The topological polar surface area (TPSA) is 49.4 Å². The molecule has 0 fully saturated rings. The van der Waals surface area contributed by atoms with Crippen LogP contribution in [-0.2, 0) is 9.53 Å². The molecule has 0 heterocycles. The van der Waals surface area contributed by atoms with Gasteiger partial charge in [-0.05, 0) is 18.2 Å². The molecule has 0 aromatic carbocycles. The molecule has 4 heteroatoms. The highest BCUT2D eigenvalue weighted by Crippen LogP contribution is 1.96. The van der Waals surface area contributed by atoms with Gasteiger partial charge in [-0.1, -0.05) is 12.7 Å². The highest BCUT2D eigenvalue weighted by atomic mass is 35.5. The van der Waals surface area contributed by atoms with Gasteiger partial charge >= 0.3 is 0 Å². The summed E-state index contributed by atoms with van der Waals surface area (Å²) in [7, 11) is 0. The third-order valence-electron chi connectivity index (χ3n) is 0.522. The third kappa shape index (κ3) is 23.3. The summed E-state index contributed by atoms with van der Waals surface area (Å²) in [6.45, 7) is 9.63. The zero-order chi connectivity index (χ0) is 9.98. The number of aliphatic carboxylic acids is 1. The van der Waals surface area contributed by atoms with Gasteiger partial charge in [0, 0.05) is 12.4 Å². The summed E-state index contributed by atoms with van der Waals surface area (Å²) < 4.78 is 4.38. The van der Waals surface area contributed by atoms with E-state index in [0.717, 1.165) is 0 Å². The van der Waals surface area contributed by atoms with Crippen molar-refractivity contribution in [2.45, 2.75) is 6.42 Å². The first-order valence-corrected chi connectivity index (χ1v) is 3.35. The minimum Gasteiger partial charge on any atom is -0.550 e. The lowest BCUT2D eigenvalue weighted by atomic mass is 10.4. The molecule has 0 radical (unpaired) electrons. The van der Waals surface area contributed by atoms with Crippen LogP contribution in [0.2, 0.25) is 0 Å². The molecule has 12 heavy (non-hydrogen) atoms. The average Bonchev–Trinajstić information content (AvgIpc) is 1.87. The molecule has 0 bridgehead atoms. The van der Waals surface area contributed by atoms with Gasteiger partial charge in [0.15, 0.2) is 5.22 Å². The maximum absolute atomic E-state index is 9.42. The maximum atomic E-state index is 9.42. The number of hydrogen-bond donors (Lipinski definition) is 0. The van der Waals surface area contributed by atoms with Crippen LogP contribution in [0.4, 0.5) is 0 Å². The van der Waals surface area contributed by atoms with Gasteiger partial charge in [-0.25, -0.2) is 0 Å². The molecule has 0 rings (SSSR count). The zero-order valence-corrected chi connectivity index (χ0v) is 7.34. The number of rotatable bonds is 4. The van der Waals surface area contributed by atoms with Crippen molar-refractivity contribution >= 4 is 17.6 Å². The quantitative estimate of drug-likeness (QED) is 0.493. The molecule has 0 spiro atoms. The van der Waals surface area contributed by atoms with Crippen LogP contribution in [0.1, 0.15) is 6.42 Å². The Bertz CT molecular complexity index is 155. The van der Waals surface area contributed by atoms with Gasteiger partial charge in [0.2, 0.25) is 0 Å². The Morgan fingerprint density at radius 3 is 2.08 bits per heavy atom. The lowest BCUT2D eigenvalue weighted by Gasteiger charge is -1.89. The lowest BCUT2D eigenvalue weighted by Crippen LogP contribution is -2.20. The van der Waals surface area contributed by atoms with E-state index in [9.17, 15) is 9.90 Å². The largest absolute Gasteiger partial charge is 0.550 e. The van der Waals surface area contributed by atoms with E-state index in [1.165, 1.54) is 12.3 Å². The van der Waals surface area contributed by atoms with E-state index in [2.05, 4.69) is 24.5 Å². The average molecular weight is 190 g/mol. The fourth-order valence-electron chi connectivity index (χ4n) is 0.208. The van der Waals surface area contributed by atoms with Crippen molar-refractivity contribution in [1.29, 1.82) is 0 Å². The van der Waals surface area contributed by atoms with E-state index < -0.39 is 5.97 Å². The van der Waals surface area contributed by atoms with Gasteiger partial charge in [0.05, 0.1) is 6.26 Å². The van der Waals surface area contributed by atoms with Crippen molar-refractivity contribution in [3.8, 4) is 0 Å². The number of ether oxygens (including phenoxy) is 1. The van der Waals surface area contributed by atoms with Gasteiger partial charge in [-0.15, -0.1) is 6.58 Å². The molecule has 0 aliphatic carbocycles. The van der Waals surface area contributed by atoms with Crippen molar-refractivity contribution in [3.05, 3.63) is 37.3 Å². The van der Waals surface area contributed by atoms with Crippen LogP contribution < -0.4 is 5.11 Å². The van der Waals surface area contributed by atoms with Crippen LogP contribution in [0.15, 0.2) is 37.3 Å². The van der Waals surface area contributed by atoms with Crippen molar-refractivity contribution in [1.82, 2.24) is 0 Å². The summed E-state index contributed by atoms with van der Waals surface area (Å²) in [5, 5.41) is 9.56. The summed E-state index contributed by atoms with van der Waals surface area (Å²) in [6, 6.07) is 0. The fraction of sp³-hybridized carbons (Fsp3) is 0.125. The van der Waals surface area contributed by atoms with Crippen LogP contribution >= 0.6 is 11.6 Å². The Hall–Kier alpha value is -1.22. The zero-order valence-electron chi connectivity index (χ0n) is 6.59. The maximum Gasteiger partial charge on any atom is 0.185 e. The van der Waals surface area contributed by atoms with E-state index >= 15 is 0 Å².